The van der Waals surface area contributed by atoms with Crippen LogP contribution in [0.3, 0.4) is 0 Å². The molecule has 0 bridgehead atoms. The van der Waals surface area contributed by atoms with Gasteiger partial charge in [0.05, 0.1) is 24.1 Å². The molecule has 1 fully saturated rings. The van der Waals surface area contributed by atoms with Gasteiger partial charge in [0.25, 0.3) is 5.69 Å². The summed E-state index contributed by atoms with van der Waals surface area (Å²) in [7, 11) is 1.32. The van der Waals surface area contributed by atoms with Crippen molar-refractivity contribution in [2.75, 3.05) is 50.1 Å². The van der Waals surface area contributed by atoms with Gasteiger partial charge in [-0.3, -0.25) is 19.8 Å². The Kier molecular flexibility index (Phi) is 7.01. The van der Waals surface area contributed by atoms with Gasteiger partial charge in [-0.25, -0.2) is 4.79 Å². The summed E-state index contributed by atoms with van der Waals surface area (Å²) in [6.45, 7) is 5.05. The summed E-state index contributed by atoms with van der Waals surface area (Å²) >= 11 is 1.39. The number of nitro benzene ring substituents is 1. The molecular formula is C20H24N4O5S. The molecule has 0 atom stereocenters. The van der Waals surface area contributed by atoms with E-state index in [1.54, 1.807) is 18.2 Å². The smallest absolute Gasteiger partial charge is 0.340 e. The third-order valence-electron chi connectivity index (χ3n) is 4.96. The number of rotatable bonds is 7. The third kappa shape index (κ3) is 5.14. The van der Waals surface area contributed by atoms with E-state index in [0.29, 0.717) is 23.7 Å². The lowest BCUT2D eigenvalue weighted by molar-refractivity contribution is -0.384. The molecule has 0 unspecified atom stereocenters. The highest BCUT2D eigenvalue weighted by atomic mass is 32.1. The molecule has 1 N–H and O–H groups in total. The maximum atomic E-state index is 12.5. The lowest BCUT2D eigenvalue weighted by Gasteiger charge is -2.35. The van der Waals surface area contributed by atoms with Crippen molar-refractivity contribution >= 4 is 39.6 Å². The topological polar surface area (TPSA) is 105 Å². The fourth-order valence-corrected chi connectivity index (χ4v) is 4.29. The largest absolute Gasteiger partial charge is 0.465 e. The van der Waals surface area contributed by atoms with Crippen molar-refractivity contribution in [2.24, 2.45) is 0 Å². The van der Waals surface area contributed by atoms with E-state index in [1.807, 2.05) is 11.8 Å². The molecule has 1 amide bonds. The second-order valence-electron chi connectivity index (χ2n) is 6.89. The number of thiophene rings is 1. The number of methoxy groups -OCH3 is 1. The molecule has 1 aliphatic rings. The van der Waals surface area contributed by atoms with Gasteiger partial charge >= 0.3 is 5.97 Å². The molecule has 1 aliphatic heterocycles. The number of aryl methyl sites for hydroxylation is 1. The average molecular weight is 433 g/mol. The van der Waals surface area contributed by atoms with Gasteiger partial charge < -0.3 is 15.0 Å². The molecule has 2 heterocycles. The van der Waals surface area contributed by atoms with E-state index >= 15 is 0 Å². The lowest BCUT2D eigenvalue weighted by Crippen LogP contribution is -2.48. The van der Waals surface area contributed by atoms with E-state index in [2.05, 4.69) is 10.2 Å². The average Bonchev–Trinajstić information content (AvgIpc) is 3.16. The minimum absolute atomic E-state index is 0.0696. The van der Waals surface area contributed by atoms with Crippen LogP contribution in [0.25, 0.3) is 0 Å². The summed E-state index contributed by atoms with van der Waals surface area (Å²) in [5.41, 5.74) is 1.38. The summed E-state index contributed by atoms with van der Waals surface area (Å²) in [4.78, 5) is 40.0. The van der Waals surface area contributed by atoms with Crippen molar-refractivity contribution in [1.82, 2.24) is 4.90 Å². The minimum Gasteiger partial charge on any atom is -0.465 e. The Bertz CT molecular complexity index is 920. The first-order valence-corrected chi connectivity index (χ1v) is 10.5. The van der Waals surface area contributed by atoms with Crippen molar-refractivity contribution in [1.29, 1.82) is 0 Å². The number of ether oxygens (including phenoxy) is 1. The number of benzene rings is 1. The quantitative estimate of drug-likeness (QED) is 0.407. The number of anilines is 2. The maximum absolute atomic E-state index is 12.5. The van der Waals surface area contributed by atoms with Crippen molar-refractivity contribution in [2.45, 2.75) is 13.3 Å². The molecular weight excluding hydrogens is 408 g/mol. The highest BCUT2D eigenvalue weighted by molar-refractivity contribution is 7.16. The summed E-state index contributed by atoms with van der Waals surface area (Å²) in [5, 5.41) is 14.2. The van der Waals surface area contributed by atoms with Gasteiger partial charge in [-0.1, -0.05) is 6.92 Å². The molecule has 10 heteroatoms. The molecule has 30 heavy (non-hydrogen) atoms. The number of carbonyl (C=O) groups is 2. The molecule has 1 aromatic carbocycles. The van der Waals surface area contributed by atoms with Crippen LogP contribution in [0, 0.1) is 10.1 Å². The first kappa shape index (κ1) is 21.7. The van der Waals surface area contributed by atoms with Gasteiger partial charge in [-0.05, 0) is 24.6 Å². The fraction of sp³-hybridized carbons (Fsp3) is 0.400. The number of non-ortho nitro benzene ring substituents is 1. The van der Waals surface area contributed by atoms with Crippen molar-refractivity contribution in [3.8, 4) is 0 Å². The Morgan fingerprint density at radius 1 is 1.20 bits per heavy atom. The Hall–Kier alpha value is -2.98. The number of hydrogen-bond acceptors (Lipinski definition) is 8. The molecule has 0 spiro atoms. The number of carbonyl (C=O) groups excluding carboxylic acids is 2. The number of nitrogens with one attached hydrogen (secondary N) is 1. The molecule has 3 rings (SSSR count). The monoisotopic (exact) mass is 432 g/mol. The Balaban J connectivity index is 1.54. The summed E-state index contributed by atoms with van der Waals surface area (Å²) in [6, 6.07) is 8.25. The van der Waals surface area contributed by atoms with Gasteiger partial charge in [0.1, 0.15) is 5.00 Å². The van der Waals surface area contributed by atoms with Crippen molar-refractivity contribution in [3.63, 3.8) is 0 Å². The molecule has 0 aliphatic carbocycles. The van der Waals surface area contributed by atoms with Crippen LogP contribution in [0.4, 0.5) is 16.4 Å². The predicted octanol–water partition coefficient (Wildman–Crippen LogP) is 2.77. The molecule has 160 valence electrons. The SMILES string of the molecule is CCc1cc(C(=O)OC)c(NC(=O)CN2CCN(c3ccc([N+](=O)[O-])cc3)CC2)s1. The summed E-state index contributed by atoms with van der Waals surface area (Å²) < 4.78 is 4.80. The van der Waals surface area contributed by atoms with Gasteiger partial charge in [0.2, 0.25) is 5.91 Å². The molecule has 0 radical (unpaired) electrons. The van der Waals surface area contributed by atoms with E-state index in [9.17, 15) is 19.7 Å². The Labute approximate surface area is 178 Å². The molecule has 9 nitrogen and oxygen atoms in total. The van der Waals surface area contributed by atoms with Gasteiger partial charge in [-0.15, -0.1) is 11.3 Å². The van der Waals surface area contributed by atoms with Crippen molar-refractivity contribution in [3.05, 3.63) is 50.9 Å². The highest BCUT2D eigenvalue weighted by Gasteiger charge is 2.22. The third-order valence-corrected chi connectivity index (χ3v) is 6.15. The second kappa shape index (κ2) is 9.68. The highest BCUT2D eigenvalue weighted by Crippen LogP contribution is 2.29. The molecule has 2 aromatic rings. The van der Waals surface area contributed by atoms with Gasteiger partial charge in [-0.2, -0.15) is 0 Å². The number of hydrogen-bond donors (Lipinski definition) is 1. The molecule has 1 saturated heterocycles. The van der Waals surface area contributed by atoms with E-state index in [1.165, 1.54) is 30.6 Å². The van der Waals surface area contributed by atoms with Crippen LogP contribution in [0.2, 0.25) is 0 Å². The first-order valence-electron chi connectivity index (χ1n) is 9.64. The number of amides is 1. The van der Waals surface area contributed by atoms with E-state index in [-0.39, 0.29) is 18.1 Å². The molecule has 1 aromatic heterocycles. The Morgan fingerprint density at radius 3 is 2.43 bits per heavy atom. The van der Waals surface area contributed by atoms with Gasteiger partial charge in [0, 0.05) is 48.9 Å². The summed E-state index contributed by atoms with van der Waals surface area (Å²) in [6.07, 6.45) is 0.773. The fourth-order valence-electron chi connectivity index (χ4n) is 3.29. The van der Waals surface area contributed by atoms with Crippen LogP contribution >= 0.6 is 11.3 Å². The van der Waals surface area contributed by atoms with Gasteiger partial charge in [0.15, 0.2) is 0 Å². The van der Waals surface area contributed by atoms with E-state index < -0.39 is 10.9 Å². The maximum Gasteiger partial charge on any atom is 0.340 e. The lowest BCUT2D eigenvalue weighted by atomic mass is 10.2. The second-order valence-corrected chi connectivity index (χ2v) is 8.02. The predicted molar refractivity (Wildman–Crippen MR) is 115 cm³/mol. The normalized spacial score (nSPS) is 14.4. The standard InChI is InChI=1S/C20H24N4O5S/c1-3-16-12-17(20(26)29-2)19(30-16)21-18(25)13-22-8-10-23(11-9-22)14-4-6-15(7-5-14)24(27)28/h4-7,12H,3,8-11,13H2,1-2H3,(H,21,25). The zero-order chi connectivity index (χ0) is 21.7. The minimum atomic E-state index is -0.460. The van der Waals surface area contributed by atoms with Crippen LogP contribution in [0.15, 0.2) is 30.3 Å². The van der Waals surface area contributed by atoms with Crippen LogP contribution in [-0.4, -0.2) is 61.5 Å². The zero-order valence-electron chi connectivity index (χ0n) is 16.9. The number of piperazine rings is 1. The number of nitrogens with zero attached hydrogens (tertiary/aromatic N) is 3. The van der Waals surface area contributed by atoms with Crippen LogP contribution in [-0.2, 0) is 16.0 Å². The van der Waals surface area contributed by atoms with Crippen LogP contribution < -0.4 is 10.2 Å². The first-order chi connectivity index (χ1) is 14.4. The number of nitro groups is 1. The van der Waals surface area contributed by atoms with Crippen LogP contribution in [0.1, 0.15) is 22.2 Å². The molecule has 0 saturated carbocycles. The van der Waals surface area contributed by atoms with E-state index in [0.717, 1.165) is 30.1 Å². The zero-order valence-corrected chi connectivity index (χ0v) is 17.7. The Morgan fingerprint density at radius 2 is 1.87 bits per heavy atom. The van der Waals surface area contributed by atoms with Crippen molar-refractivity contribution < 1.29 is 19.2 Å². The number of esters is 1. The van der Waals surface area contributed by atoms with E-state index in [4.69, 9.17) is 4.74 Å². The van der Waals surface area contributed by atoms with Crippen LogP contribution in [0.5, 0.6) is 0 Å². The summed E-state index contributed by atoms with van der Waals surface area (Å²) in [5.74, 6) is -0.633.